The van der Waals surface area contributed by atoms with Gasteiger partial charge in [0.05, 0.1) is 23.1 Å². The van der Waals surface area contributed by atoms with Crippen LogP contribution in [0.25, 0.3) is 10.9 Å². The van der Waals surface area contributed by atoms with Crippen LogP contribution in [0.2, 0.25) is 0 Å². The van der Waals surface area contributed by atoms with Crippen molar-refractivity contribution in [2.24, 2.45) is 0 Å². The first-order chi connectivity index (χ1) is 15.7. The number of hydrogen-bond donors (Lipinski definition) is 2. The number of rotatable bonds is 5. The van der Waals surface area contributed by atoms with Crippen molar-refractivity contribution in [3.63, 3.8) is 0 Å². The van der Waals surface area contributed by atoms with Crippen LogP contribution in [0.1, 0.15) is 24.8 Å². The van der Waals surface area contributed by atoms with Crippen LogP contribution < -0.4 is 15.5 Å². The molecule has 1 saturated heterocycles. The third-order valence-electron chi connectivity index (χ3n) is 5.71. The molecule has 2 aromatic heterocycles. The molecule has 0 amide bonds. The minimum atomic E-state index is -0.324. The van der Waals surface area contributed by atoms with Crippen LogP contribution in [0, 0.1) is 12.7 Å². The van der Waals surface area contributed by atoms with Crippen LogP contribution in [0.3, 0.4) is 0 Å². The van der Waals surface area contributed by atoms with Crippen molar-refractivity contribution in [3.05, 3.63) is 66.2 Å². The molecular formula is C24H24FN7. The topological polar surface area (TPSA) is 78.9 Å². The Morgan fingerprint density at radius 3 is 2.69 bits per heavy atom. The summed E-state index contributed by atoms with van der Waals surface area (Å²) in [6.45, 7) is 3.95. The van der Waals surface area contributed by atoms with Crippen LogP contribution in [0.15, 0.2) is 54.9 Å². The standard InChI is InChI=1S/C24H24FN7/c1-16-6-5-7-18-21(15-27-31-23(16)18)28-22-10-11-26-24(30-22)29-20-9-8-17(14-19(20)25)32-12-3-2-4-13-32/h5-11,14-15H,2-4,12-13H2,1H3,(H2,26,28,29,30,31). The second-order valence-corrected chi connectivity index (χ2v) is 7.96. The fourth-order valence-electron chi connectivity index (χ4n) is 4.02. The van der Waals surface area contributed by atoms with Gasteiger partial charge in [0.1, 0.15) is 11.6 Å². The summed E-state index contributed by atoms with van der Waals surface area (Å²) in [4.78, 5) is 11.0. The van der Waals surface area contributed by atoms with Crippen LogP contribution >= 0.6 is 0 Å². The van der Waals surface area contributed by atoms with E-state index in [2.05, 4.69) is 35.7 Å². The van der Waals surface area contributed by atoms with Crippen LogP contribution in [0.5, 0.6) is 0 Å². The molecule has 2 aromatic carbocycles. The number of aromatic nitrogens is 4. The zero-order chi connectivity index (χ0) is 21.9. The van der Waals surface area contributed by atoms with Gasteiger partial charge in [0, 0.05) is 30.4 Å². The normalized spacial score (nSPS) is 13.9. The maximum Gasteiger partial charge on any atom is 0.229 e. The zero-order valence-electron chi connectivity index (χ0n) is 17.8. The molecule has 32 heavy (non-hydrogen) atoms. The van der Waals surface area contributed by atoms with E-state index in [9.17, 15) is 4.39 Å². The summed E-state index contributed by atoms with van der Waals surface area (Å²) in [6, 6.07) is 13.0. The molecule has 1 aliphatic rings. The quantitative estimate of drug-likeness (QED) is 0.443. The number of aryl methyl sites for hydroxylation is 1. The molecular weight excluding hydrogens is 405 g/mol. The van der Waals surface area contributed by atoms with E-state index in [1.165, 1.54) is 6.42 Å². The van der Waals surface area contributed by atoms with Crippen molar-refractivity contribution in [3.8, 4) is 0 Å². The van der Waals surface area contributed by atoms with Crippen LogP contribution in [0.4, 0.5) is 33.2 Å². The van der Waals surface area contributed by atoms with Gasteiger partial charge in [-0.25, -0.2) is 9.37 Å². The van der Waals surface area contributed by atoms with Gasteiger partial charge >= 0.3 is 0 Å². The predicted molar refractivity (Wildman–Crippen MR) is 125 cm³/mol. The van der Waals surface area contributed by atoms with Crippen molar-refractivity contribution in [1.82, 2.24) is 20.2 Å². The van der Waals surface area contributed by atoms with E-state index in [4.69, 9.17) is 0 Å². The molecule has 0 bridgehead atoms. The van der Waals surface area contributed by atoms with Gasteiger partial charge in [-0.2, -0.15) is 15.2 Å². The highest BCUT2D eigenvalue weighted by Crippen LogP contribution is 2.28. The monoisotopic (exact) mass is 429 g/mol. The van der Waals surface area contributed by atoms with Crippen molar-refractivity contribution >= 4 is 39.7 Å². The number of benzene rings is 2. The molecule has 162 valence electrons. The summed E-state index contributed by atoms with van der Waals surface area (Å²) in [5.41, 5.74) is 3.93. The summed E-state index contributed by atoms with van der Waals surface area (Å²) in [5.74, 6) is 0.556. The van der Waals surface area contributed by atoms with E-state index >= 15 is 0 Å². The largest absolute Gasteiger partial charge is 0.371 e. The first kappa shape index (κ1) is 20.1. The van der Waals surface area contributed by atoms with Crippen molar-refractivity contribution in [2.75, 3.05) is 28.6 Å². The van der Waals surface area contributed by atoms with Gasteiger partial charge in [-0.15, -0.1) is 0 Å². The molecule has 3 heterocycles. The SMILES string of the molecule is Cc1cccc2c(Nc3ccnc(Nc4ccc(N5CCCCC5)cc4F)n3)cnnc12. The second kappa shape index (κ2) is 8.74. The Balaban J connectivity index is 1.35. The highest BCUT2D eigenvalue weighted by Gasteiger charge is 2.14. The Kier molecular flexibility index (Phi) is 5.49. The van der Waals surface area contributed by atoms with Gasteiger partial charge in [-0.1, -0.05) is 18.2 Å². The van der Waals surface area contributed by atoms with Crippen LogP contribution in [-0.2, 0) is 0 Å². The lowest BCUT2D eigenvalue weighted by Gasteiger charge is -2.29. The average molecular weight is 430 g/mol. The van der Waals surface area contributed by atoms with E-state index in [0.717, 1.165) is 53.8 Å². The van der Waals surface area contributed by atoms with Crippen LogP contribution in [-0.4, -0.2) is 33.3 Å². The number of hydrogen-bond acceptors (Lipinski definition) is 7. The molecule has 2 N–H and O–H groups in total. The average Bonchev–Trinajstić information content (AvgIpc) is 2.82. The number of fused-ring (bicyclic) bond motifs is 1. The summed E-state index contributed by atoms with van der Waals surface area (Å²) in [5, 5.41) is 15.5. The highest BCUT2D eigenvalue weighted by molar-refractivity contribution is 5.93. The molecule has 0 radical (unpaired) electrons. The molecule has 1 fully saturated rings. The van der Waals surface area contributed by atoms with E-state index in [-0.39, 0.29) is 5.82 Å². The first-order valence-corrected chi connectivity index (χ1v) is 10.8. The molecule has 1 aliphatic heterocycles. The molecule has 0 spiro atoms. The van der Waals surface area contributed by atoms with E-state index < -0.39 is 0 Å². The smallest absolute Gasteiger partial charge is 0.229 e. The molecule has 5 rings (SSSR count). The van der Waals surface area contributed by atoms with Gasteiger partial charge in [0.25, 0.3) is 0 Å². The van der Waals surface area contributed by atoms with Gasteiger partial charge in [-0.05, 0) is 56.0 Å². The minimum absolute atomic E-state index is 0.308. The maximum atomic E-state index is 14.8. The number of halogens is 1. The summed E-state index contributed by atoms with van der Waals surface area (Å²) in [6.07, 6.45) is 6.83. The Bertz CT molecular complexity index is 1250. The lowest BCUT2D eigenvalue weighted by molar-refractivity contribution is 0.574. The Morgan fingerprint density at radius 1 is 0.969 bits per heavy atom. The Hall–Kier alpha value is -3.81. The lowest BCUT2D eigenvalue weighted by Crippen LogP contribution is -2.29. The minimum Gasteiger partial charge on any atom is -0.371 e. The van der Waals surface area contributed by atoms with E-state index in [1.54, 1.807) is 30.6 Å². The molecule has 0 atom stereocenters. The molecule has 0 unspecified atom stereocenters. The van der Waals surface area contributed by atoms with Gasteiger partial charge in [0.2, 0.25) is 5.95 Å². The third-order valence-corrected chi connectivity index (χ3v) is 5.71. The molecule has 4 aromatic rings. The van der Waals surface area contributed by atoms with E-state index in [0.29, 0.717) is 17.5 Å². The summed E-state index contributed by atoms with van der Waals surface area (Å²) in [7, 11) is 0. The van der Waals surface area contributed by atoms with E-state index in [1.807, 2.05) is 31.2 Å². The first-order valence-electron chi connectivity index (χ1n) is 10.8. The second-order valence-electron chi connectivity index (χ2n) is 7.96. The summed E-state index contributed by atoms with van der Waals surface area (Å²) >= 11 is 0. The van der Waals surface area contributed by atoms with Gasteiger partial charge in [0.15, 0.2) is 0 Å². The number of nitrogens with zero attached hydrogens (tertiary/aromatic N) is 5. The van der Waals surface area contributed by atoms with Gasteiger partial charge in [-0.3, -0.25) is 0 Å². The van der Waals surface area contributed by atoms with Gasteiger partial charge < -0.3 is 15.5 Å². The predicted octanol–water partition coefficient (Wildman–Crippen LogP) is 5.34. The van der Waals surface area contributed by atoms with Crippen molar-refractivity contribution in [1.29, 1.82) is 0 Å². The molecule has 0 aliphatic carbocycles. The van der Waals surface area contributed by atoms with Crippen molar-refractivity contribution < 1.29 is 4.39 Å². The summed E-state index contributed by atoms with van der Waals surface area (Å²) < 4.78 is 14.8. The maximum absolute atomic E-state index is 14.8. The fourth-order valence-corrected chi connectivity index (χ4v) is 4.02. The zero-order valence-corrected chi connectivity index (χ0v) is 17.8. The Labute approximate surface area is 185 Å². The van der Waals surface area contributed by atoms with Crippen molar-refractivity contribution in [2.45, 2.75) is 26.2 Å². The number of anilines is 5. The molecule has 0 saturated carbocycles. The number of nitrogens with one attached hydrogen (secondary N) is 2. The Morgan fingerprint density at radius 2 is 1.84 bits per heavy atom. The number of piperidine rings is 1. The highest BCUT2D eigenvalue weighted by atomic mass is 19.1. The fraction of sp³-hybridized carbons (Fsp3) is 0.250. The molecule has 8 heteroatoms. The lowest BCUT2D eigenvalue weighted by atomic mass is 10.1. The third kappa shape index (κ3) is 4.16. The molecule has 7 nitrogen and oxygen atoms in total.